The fraction of sp³-hybridized carbons (Fsp3) is 0.222. The van der Waals surface area contributed by atoms with E-state index >= 15 is 0 Å². The Hall–Kier alpha value is -3.36. The number of ether oxygens (including phenoxy) is 2. The third-order valence-electron chi connectivity index (χ3n) is 3.31. The molecule has 0 radical (unpaired) electrons. The summed E-state index contributed by atoms with van der Waals surface area (Å²) in [5, 5.41) is 4.95. The summed E-state index contributed by atoms with van der Waals surface area (Å²) in [7, 11) is 1.31. The molecular weight excluding hydrogens is 362 g/mol. The largest absolute Gasteiger partial charge is 0.493 e. The second kappa shape index (κ2) is 9.95. The van der Waals surface area contributed by atoms with Crippen molar-refractivity contribution in [2.24, 2.45) is 0 Å². The molecule has 27 heavy (non-hydrogen) atoms. The lowest BCUT2D eigenvalue weighted by Gasteiger charge is -2.12. The molecule has 0 aliphatic rings. The molecule has 7 nitrogen and oxygen atoms in total. The second-order valence-corrected chi connectivity index (χ2v) is 5.16. The van der Waals surface area contributed by atoms with E-state index in [0.717, 1.165) is 6.08 Å². The van der Waals surface area contributed by atoms with Crippen LogP contribution in [-0.4, -0.2) is 32.1 Å². The van der Waals surface area contributed by atoms with Crippen molar-refractivity contribution < 1.29 is 32.3 Å². The Morgan fingerprint density at radius 2 is 2.04 bits per heavy atom. The average molecular weight is 380 g/mol. The summed E-state index contributed by atoms with van der Waals surface area (Å²) < 4.78 is 39.6. The normalized spacial score (nSPS) is 10.8. The van der Waals surface area contributed by atoms with Gasteiger partial charge in [-0.3, -0.25) is 9.59 Å². The second-order valence-electron chi connectivity index (χ2n) is 5.16. The highest BCUT2D eigenvalue weighted by molar-refractivity contribution is 5.94. The van der Waals surface area contributed by atoms with Crippen LogP contribution in [0.3, 0.4) is 0 Å². The molecule has 0 aliphatic carbocycles. The first kappa shape index (κ1) is 20.0. The molecule has 2 amide bonds. The van der Waals surface area contributed by atoms with Gasteiger partial charge in [0.25, 0.3) is 0 Å². The van der Waals surface area contributed by atoms with Crippen LogP contribution in [0.4, 0.5) is 8.78 Å². The zero-order chi connectivity index (χ0) is 19.6. The highest BCUT2D eigenvalue weighted by Gasteiger charge is 2.14. The zero-order valence-electron chi connectivity index (χ0n) is 14.4. The Morgan fingerprint density at radius 1 is 1.22 bits per heavy atom. The SMILES string of the molecule is COc1cccc(/C=C\C(=O)NCC(=O)NCc2ccco2)c1OC(F)F. The van der Waals surface area contributed by atoms with Crippen LogP contribution in [0.25, 0.3) is 6.08 Å². The Bertz CT molecular complexity index is 791. The van der Waals surface area contributed by atoms with Crippen molar-refractivity contribution in [2.75, 3.05) is 13.7 Å². The predicted molar refractivity (Wildman–Crippen MR) is 92.2 cm³/mol. The van der Waals surface area contributed by atoms with Crippen molar-refractivity contribution in [1.82, 2.24) is 10.6 Å². The maximum atomic E-state index is 12.6. The van der Waals surface area contributed by atoms with Gasteiger partial charge in [0.15, 0.2) is 11.5 Å². The summed E-state index contributed by atoms with van der Waals surface area (Å²) in [5.41, 5.74) is 0.229. The van der Waals surface area contributed by atoms with Crippen LogP contribution in [0.1, 0.15) is 11.3 Å². The van der Waals surface area contributed by atoms with Crippen LogP contribution in [0.2, 0.25) is 0 Å². The molecule has 1 heterocycles. The van der Waals surface area contributed by atoms with Crippen LogP contribution < -0.4 is 20.1 Å². The number of benzene rings is 1. The Labute approximate surface area is 153 Å². The van der Waals surface area contributed by atoms with Gasteiger partial charge in [-0.1, -0.05) is 12.1 Å². The molecule has 0 spiro atoms. The summed E-state index contributed by atoms with van der Waals surface area (Å²) in [6, 6.07) is 7.91. The number of rotatable bonds is 9. The van der Waals surface area contributed by atoms with Gasteiger partial charge >= 0.3 is 6.61 Å². The summed E-state index contributed by atoms with van der Waals surface area (Å²) in [5.74, 6) is -0.477. The fourth-order valence-electron chi connectivity index (χ4n) is 2.09. The molecule has 0 unspecified atom stereocenters. The van der Waals surface area contributed by atoms with Crippen LogP contribution in [-0.2, 0) is 16.1 Å². The number of hydrogen-bond acceptors (Lipinski definition) is 5. The summed E-state index contributed by atoms with van der Waals surface area (Å²) in [4.78, 5) is 23.5. The maximum Gasteiger partial charge on any atom is 0.387 e. The van der Waals surface area contributed by atoms with Crippen molar-refractivity contribution in [3.8, 4) is 11.5 Å². The van der Waals surface area contributed by atoms with Crippen LogP contribution >= 0.6 is 0 Å². The number of methoxy groups -OCH3 is 1. The topological polar surface area (TPSA) is 89.8 Å². The molecule has 0 aliphatic heterocycles. The van der Waals surface area contributed by atoms with E-state index in [4.69, 9.17) is 9.15 Å². The molecule has 0 bridgehead atoms. The van der Waals surface area contributed by atoms with Gasteiger partial charge in [0.2, 0.25) is 11.8 Å². The average Bonchev–Trinajstić information content (AvgIpc) is 3.17. The smallest absolute Gasteiger partial charge is 0.387 e. The molecule has 1 aromatic carbocycles. The maximum absolute atomic E-state index is 12.6. The van der Waals surface area contributed by atoms with Crippen molar-refractivity contribution in [2.45, 2.75) is 13.2 Å². The van der Waals surface area contributed by atoms with Gasteiger partial charge in [-0.05, 0) is 24.3 Å². The van der Waals surface area contributed by atoms with E-state index in [1.165, 1.54) is 31.6 Å². The monoisotopic (exact) mass is 380 g/mol. The van der Waals surface area contributed by atoms with Gasteiger partial charge in [0.1, 0.15) is 5.76 Å². The van der Waals surface area contributed by atoms with E-state index < -0.39 is 18.4 Å². The van der Waals surface area contributed by atoms with Crippen molar-refractivity contribution >= 4 is 17.9 Å². The lowest BCUT2D eigenvalue weighted by atomic mass is 10.1. The van der Waals surface area contributed by atoms with Gasteiger partial charge in [0, 0.05) is 11.6 Å². The number of amides is 2. The number of nitrogens with one attached hydrogen (secondary N) is 2. The van der Waals surface area contributed by atoms with Crippen molar-refractivity contribution in [1.29, 1.82) is 0 Å². The number of hydrogen-bond donors (Lipinski definition) is 2. The van der Waals surface area contributed by atoms with Gasteiger partial charge in [0.05, 0.1) is 26.5 Å². The molecule has 9 heteroatoms. The Balaban J connectivity index is 1.89. The number of carbonyl (C=O) groups is 2. The van der Waals surface area contributed by atoms with Gasteiger partial charge in [-0.25, -0.2) is 0 Å². The molecule has 144 valence electrons. The third-order valence-corrected chi connectivity index (χ3v) is 3.31. The number of para-hydroxylation sites is 1. The number of carbonyl (C=O) groups excluding carboxylic acids is 2. The van der Waals surface area contributed by atoms with Crippen LogP contribution in [0.15, 0.2) is 47.1 Å². The van der Waals surface area contributed by atoms with E-state index in [1.807, 2.05) is 0 Å². The predicted octanol–water partition coefficient (Wildman–Crippen LogP) is 2.34. The van der Waals surface area contributed by atoms with Crippen molar-refractivity contribution in [3.05, 3.63) is 54.0 Å². The zero-order valence-corrected chi connectivity index (χ0v) is 14.4. The van der Waals surface area contributed by atoms with E-state index in [9.17, 15) is 18.4 Å². The first-order valence-electron chi connectivity index (χ1n) is 7.86. The molecule has 0 saturated carbocycles. The molecule has 2 N–H and O–H groups in total. The first-order chi connectivity index (χ1) is 13.0. The van der Waals surface area contributed by atoms with Gasteiger partial charge in [-0.15, -0.1) is 0 Å². The van der Waals surface area contributed by atoms with Crippen LogP contribution in [0, 0.1) is 0 Å². The molecule has 2 rings (SSSR count). The summed E-state index contributed by atoms with van der Waals surface area (Å²) in [6.45, 7) is -3.09. The summed E-state index contributed by atoms with van der Waals surface area (Å²) >= 11 is 0. The van der Waals surface area contributed by atoms with Gasteiger partial charge < -0.3 is 24.5 Å². The van der Waals surface area contributed by atoms with E-state index in [0.29, 0.717) is 5.76 Å². The summed E-state index contributed by atoms with van der Waals surface area (Å²) in [6.07, 6.45) is 3.88. The number of alkyl halides is 2. The highest BCUT2D eigenvalue weighted by atomic mass is 19.3. The fourth-order valence-corrected chi connectivity index (χ4v) is 2.09. The molecular formula is C18H18F2N2O5. The Kier molecular flexibility index (Phi) is 7.36. The minimum absolute atomic E-state index is 0.107. The van der Waals surface area contributed by atoms with E-state index in [1.54, 1.807) is 18.2 Å². The Morgan fingerprint density at radius 3 is 2.70 bits per heavy atom. The minimum atomic E-state index is -3.04. The molecule has 0 saturated heterocycles. The number of furan rings is 1. The third kappa shape index (κ3) is 6.46. The number of halogens is 2. The first-order valence-corrected chi connectivity index (χ1v) is 7.86. The lowest BCUT2D eigenvalue weighted by Crippen LogP contribution is -2.35. The molecule has 1 aromatic heterocycles. The lowest BCUT2D eigenvalue weighted by molar-refractivity contribution is -0.124. The highest BCUT2D eigenvalue weighted by Crippen LogP contribution is 2.33. The van der Waals surface area contributed by atoms with Crippen LogP contribution in [0.5, 0.6) is 11.5 Å². The standard InChI is InChI=1S/C18H18F2N2O5/c1-25-14-6-2-4-12(17(14)27-18(19)20)7-8-15(23)22-11-16(24)21-10-13-5-3-9-26-13/h2-9,18H,10-11H2,1H3,(H,21,24)(H,22,23)/b8-7-. The molecule has 2 aromatic rings. The minimum Gasteiger partial charge on any atom is -0.493 e. The quantitative estimate of drug-likeness (QED) is 0.652. The van der Waals surface area contributed by atoms with Crippen molar-refractivity contribution in [3.63, 3.8) is 0 Å². The molecule has 0 atom stereocenters. The van der Waals surface area contributed by atoms with Gasteiger partial charge in [-0.2, -0.15) is 8.78 Å². The van der Waals surface area contributed by atoms with E-state index in [-0.39, 0.29) is 30.2 Å². The molecule has 0 fully saturated rings. The van der Waals surface area contributed by atoms with E-state index in [2.05, 4.69) is 15.4 Å².